The van der Waals surface area contributed by atoms with E-state index in [1.54, 1.807) is 0 Å². The number of rotatable bonds is 2. The first-order valence-corrected chi connectivity index (χ1v) is 5.95. The molecule has 0 saturated carbocycles. The molecule has 1 aliphatic carbocycles. The van der Waals surface area contributed by atoms with Crippen molar-refractivity contribution < 1.29 is 0 Å². The Morgan fingerprint density at radius 1 is 1.31 bits per heavy atom. The third kappa shape index (κ3) is 2.17. The number of benzene rings is 1. The van der Waals surface area contributed by atoms with Gasteiger partial charge in [0.05, 0.1) is 11.6 Å². The number of hydrogen-bond donors (Lipinski definition) is 0. The van der Waals surface area contributed by atoms with Gasteiger partial charge in [-0.3, -0.25) is 0 Å². The highest BCUT2D eigenvalue weighted by Crippen LogP contribution is 2.26. The topological polar surface area (TPSA) is 23.8 Å². The van der Waals surface area contributed by atoms with Gasteiger partial charge in [0.15, 0.2) is 0 Å². The van der Waals surface area contributed by atoms with E-state index in [1.165, 1.54) is 30.4 Å². The van der Waals surface area contributed by atoms with Crippen LogP contribution in [0.5, 0.6) is 0 Å². The Hall–Kier alpha value is -1.55. The van der Waals surface area contributed by atoms with E-state index in [0.29, 0.717) is 5.92 Å². The van der Waals surface area contributed by atoms with Gasteiger partial charge in [-0.15, -0.1) is 0 Å². The molecule has 0 N–H and O–H groups in total. The molecule has 1 aliphatic rings. The van der Waals surface area contributed by atoms with Crippen molar-refractivity contribution in [2.75, 3.05) is 0 Å². The van der Waals surface area contributed by atoms with Crippen molar-refractivity contribution in [3.63, 3.8) is 0 Å². The molecule has 0 radical (unpaired) electrons. The van der Waals surface area contributed by atoms with Crippen LogP contribution in [0.2, 0.25) is 0 Å². The molecule has 0 heterocycles. The van der Waals surface area contributed by atoms with Gasteiger partial charge in [0.25, 0.3) is 0 Å². The maximum Gasteiger partial charge on any atom is 0.0994 e. The largest absolute Gasteiger partial charge is 0.192 e. The third-order valence-corrected chi connectivity index (χ3v) is 3.03. The molecule has 16 heavy (non-hydrogen) atoms. The summed E-state index contributed by atoms with van der Waals surface area (Å²) in [5.41, 5.74) is 4.79. The number of nitriles is 1. The van der Waals surface area contributed by atoms with Gasteiger partial charge < -0.3 is 0 Å². The van der Waals surface area contributed by atoms with E-state index >= 15 is 0 Å². The summed E-state index contributed by atoms with van der Waals surface area (Å²) in [7, 11) is 0. The Bertz CT molecular complexity index is 461. The second-order valence-corrected chi connectivity index (χ2v) is 4.77. The first-order valence-electron chi connectivity index (χ1n) is 5.95. The number of aryl methyl sites for hydroxylation is 2. The molecular weight excluding hydrogens is 194 g/mol. The smallest absolute Gasteiger partial charge is 0.0994 e. The Kier molecular flexibility index (Phi) is 3.10. The van der Waals surface area contributed by atoms with Crippen LogP contribution in [0.1, 0.15) is 37.0 Å². The average molecular weight is 211 g/mol. The Balaban J connectivity index is 2.37. The highest BCUT2D eigenvalue weighted by Gasteiger charge is 2.12. The fourth-order valence-corrected chi connectivity index (χ4v) is 2.27. The van der Waals surface area contributed by atoms with Crippen LogP contribution in [0.15, 0.2) is 24.3 Å². The van der Waals surface area contributed by atoms with Crippen molar-refractivity contribution in [1.29, 1.82) is 5.26 Å². The van der Waals surface area contributed by atoms with Gasteiger partial charge in [0, 0.05) is 0 Å². The van der Waals surface area contributed by atoms with Crippen LogP contribution in [0, 0.1) is 17.2 Å². The summed E-state index contributed by atoms with van der Waals surface area (Å²) in [6.45, 7) is 4.20. The summed E-state index contributed by atoms with van der Waals surface area (Å²) in [6.07, 6.45) is 5.67. The molecule has 1 aromatic carbocycles. The lowest BCUT2D eigenvalue weighted by Crippen LogP contribution is -1.89. The van der Waals surface area contributed by atoms with Gasteiger partial charge >= 0.3 is 0 Å². The van der Waals surface area contributed by atoms with E-state index in [2.05, 4.69) is 38.1 Å². The normalized spacial score (nSPS) is 15.0. The van der Waals surface area contributed by atoms with Crippen LogP contribution in [0.4, 0.5) is 0 Å². The molecular formula is C15H17N. The van der Waals surface area contributed by atoms with Crippen LogP contribution in [-0.4, -0.2) is 0 Å². The first-order chi connectivity index (χ1) is 7.70. The third-order valence-electron chi connectivity index (χ3n) is 3.03. The molecule has 0 bridgehead atoms. The molecule has 0 atom stereocenters. The van der Waals surface area contributed by atoms with Gasteiger partial charge in [-0.25, -0.2) is 0 Å². The SMILES string of the molecule is CC(C)/C=C(\C#N)c1ccc2c(c1)CCC2. The standard InChI is InChI=1S/C15H17N/c1-11(2)8-15(10-16)14-7-6-12-4-3-5-13(12)9-14/h6-9,11H,3-5H2,1-2H3/b15-8+. The monoisotopic (exact) mass is 211 g/mol. The maximum atomic E-state index is 9.16. The van der Waals surface area contributed by atoms with Crippen LogP contribution >= 0.6 is 0 Å². The Labute approximate surface area is 97.4 Å². The molecule has 82 valence electrons. The van der Waals surface area contributed by atoms with Gasteiger partial charge in [-0.2, -0.15) is 5.26 Å². The van der Waals surface area contributed by atoms with E-state index in [-0.39, 0.29) is 0 Å². The number of allylic oxidation sites excluding steroid dienone is 2. The fourth-order valence-electron chi connectivity index (χ4n) is 2.27. The molecule has 0 unspecified atom stereocenters. The van der Waals surface area contributed by atoms with E-state index in [4.69, 9.17) is 5.26 Å². The number of hydrogen-bond acceptors (Lipinski definition) is 1. The zero-order valence-electron chi connectivity index (χ0n) is 9.96. The molecule has 1 nitrogen and oxygen atoms in total. The highest BCUT2D eigenvalue weighted by molar-refractivity contribution is 5.77. The van der Waals surface area contributed by atoms with E-state index < -0.39 is 0 Å². The van der Waals surface area contributed by atoms with Crippen molar-refractivity contribution in [2.45, 2.75) is 33.1 Å². The molecule has 0 aliphatic heterocycles. The number of fused-ring (bicyclic) bond motifs is 1. The summed E-state index contributed by atoms with van der Waals surface area (Å²) < 4.78 is 0. The van der Waals surface area contributed by atoms with Crippen LogP contribution < -0.4 is 0 Å². The van der Waals surface area contributed by atoms with Crippen LogP contribution in [0.3, 0.4) is 0 Å². The molecule has 0 amide bonds. The summed E-state index contributed by atoms with van der Waals surface area (Å²) in [4.78, 5) is 0. The molecule has 1 aromatic rings. The Morgan fingerprint density at radius 3 is 2.75 bits per heavy atom. The van der Waals surface area contributed by atoms with Gasteiger partial charge in [0.1, 0.15) is 0 Å². The van der Waals surface area contributed by atoms with Gasteiger partial charge in [-0.05, 0) is 41.9 Å². The minimum absolute atomic E-state index is 0.419. The average Bonchev–Trinajstić information content (AvgIpc) is 2.72. The van der Waals surface area contributed by atoms with Crippen LogP contribution in [0.25, 0.3) is 5.57 Å². The number of nitrogens with zero attached hydrogens (tertiary/aromatic N) is 1. The van der Waals surface area contributed by atoms with Crippen LogP contribution in [-0.2, 0) is 12.8 Å². The van der Waals surface area contributed by atoms with Crippen molar-refractivity contribution in [1.82, 2.24) is 0 Å². The quantitative estimate of drug-likeness (QED) is 0.684. The molecule has 0 fully saturated rings. The fraction of sp³-hybridized carbons (Fsp3) is 0.400. The Morgan fingerprint density at radius 2 is 2.06 bits per heavy atom. The second kappa shape index (κ2) is 4.53. The van der Waals surface area contributed by atoms with E-state index in [9.17, 15) is 0 Å². The van der Waals surface area contributed by atoms with Crippen molar-refractivity contribution in [3.8, 4) is 6.07 Å². The molecule has 0 saturated heterocycles. The van der Waals surface area contributed by atoms with Crippen molar-refractivity contribution >= 4 is 5.57 Å². The molecule has 1 heteroatoms. The van der Waals surface area contributed by atoms with E-state index in [1.807, 2.05) is 6.08 Å². The second-order valence-electron chi connectivity index (χ2n) is 4.77. The van der Waals surface area contributed by atoms with Gasteiger partial charge in [0.2, 0.25) is 0 Å². The van der Waals surface area contributed by atoms with Crippen molar-refractivity contribution in [2.24, 2.45) is 5.92 Å². The minimum atomic E-state index is 0.419. The molecule has 0 spiro atoms. The lowest BCUT2D eigenvalue weighted by atomic mass is 9.99. The molecule has 2 rings (SSSR count). The predicted octanol–water partition coefficient (Wildman–Crippen LogP) is 3.74. The summed E-state index contributed by atoms with van der Waals surface area (Å²) in [5.74, 6) is 0.419. The lowest BCUT2D eigenvalue weighted by Gasteiger charge is -2.05. The summed E-state index contributed by atoms with van der Waals surface area (Å²) in [5, 5.41) is 9.16. The first kappa shape index (κ1) is 11.0. The van der Waals surface area contributed by atoms with Crippen molar-refractivity contribution in [3.05, 3.63) is 41.0 Å². The van der Waals surface area contributed by atoms with Gasteiger partial charge in [-0.1, -0.05) is 38.1 Å². The summed E-state index contributed by atoms with van der Waals surface area (Å²) in [6, 6.07) is 8.76. The predicted molar refractivity (Wildman–Crippen MR) is 66.9 cm³/mol. The maximum absolute atomic E-state index is 9.16. The highest BCUT2D eigenvalue weighted by atomic mass is 14.3. The molecule has 0 aromatic heterocycles. The summed E-state index contributed by atoms with van der Waals surface area (Å²) >= 11 is 0. The zero-order chi connectivity index (χ0) is 11.5. The lowest BCUT2D eigenvalue weighted by molar-refractivity contribution is 0.834. The minimum Gasteiger partial charge on any atom is -0.192 e. The zero-order valence-corrected chi connectivity index (χ0v) is 9.96. The van der Waals surface area contributed by atoms with E-state index in [0.717, 1.165) is 11.1 Å².